The van der Waals surface area contributed by atoms with Gasteiger partial charge in [-0.15, -0.1) is 0 Å². The highest BCUT2D eigenvalue weighted by Crippen LogP contribution is 2.43. The van der Waals surface area contributed by atoms with Gasteiger partial charge >= 0.3 is 5.63 Å². The van der Waals surface area contributed by atoms with E-state index in [4.69, 9.17) is 19.3 Å². The predicted molar refractivity (Wildman–Crippen MR) is 80.5 cm³/mol. The van der Waals surface area contributed by atoms with Crippen LogP contribution in [0, 0.1) is 11.3 Å². The van der Waals surface area contributed by atoms with Gasteiger partial charge in [0, 0.05) is 5.56 Å². The Morgan fingerprint density at radius 1 is 1.22 bits per heavy atom. The van der Waals surface area contributed by atoms with Gasteiger partial charge in [0.15, 0.2) is 5.75 Å². The molecule has 0 fully saturated rings. The SMILES string of the molecule is N#CC1=C(N)Oc2c(c(=O)oc3ccccc23)C1c1ccoc1. The van der Waals surface area contributed by atoms with Gasteiger partial charge in [0.1, 0.15) is 17.2 Å². The largest absolute Gasteiger partial charge is 0.472 e. The fourth-order valence-corrected chi connectivity index (χ4v) is 2.84. The Balaban J connectivity index is 2.11. The first-order valence-electron chi connectivity index (χ1n) is 6.86. The van der Waals surface area contributed by atoms with Crippen LogP contribution in [0.1, 0.15) is 17.0 Å². The molecule has 2 N–H and O–H groups in total. The maximum absolute atomic E-state index is 12.5. The molecule has 0 saturated heterocycles. The number of fused-ring (bicyclic) bond motifs is 3. The van der Waals surface area contributed by atoms with Gasteiger partial charge in [0.2, 0.25) is 5.88 Å². The van der Waals surface area contributed by atoms with Crippen molar-refractivity contribution in [1.29, 1.82) is 5.26 Å². The summed E-state index contributed by atoms with van der Waals surface area (Å²) >= 11 is 0. The molecule has 1 aliphatic heterocycles. The lowest BCUT2D eigenvalue weighted by Crippen LogP contribution is -2.26. The van der Waals surface area contributed by atoms with Crippen LogP contribution in [0.4, 0.5) is 0 Å². The number of nitriles is 1. The van der Waals surface area contributed by atoms with E-state index in [-0.39, 0.29) is 17.0 Å². The topological polar surface area (TPSA) is 102 Å². The molecule has 1 unspecified atom stereocenters. The van der Waals surface area contributed by atoms with Crippen molar-refractivity contribution in [2.75, 3.05) is 0 Å². The van der Waals surface area contributed by atoms with Gasteiger partial charge < -0.3 is 19.3 Å². The van der Waals surface area contributed by atoms with Gasteiger partial charge in [-0.3, -0.25) is 0 Å². The van der Waals surface area contributed by atoms with Crippen LogP contribution in [0.15, 0.2) is 67.9 Å². The molecule has 112 valence electrons. The molecule has 3 heterocycles. The second-order valence-electron chi connectivity index (χ2n) is 5.11. The molecule has 6 nitrogen and oxygen atoms in total. The number of allylic oxidation sites excluding steroid dienone is 1. The van der Waals surface area contributed by atoms with Crippen molar-refractivity contribution in [2.24, 2.45) is 5.73 Å². The minimum absolute atomic E-state index is 0.0260. The van der Waals surface area contributed by atoms with Crippen molar-refractivity contribution in [3.8, 4) is 11.8 Å². The highest BCUT2D eigenvalue weighted by atomic mass is 16.5. The lowest BCUT2D eigenvalue weighted by Gasteiger charge is -2.24. The fraction of sp³-hybridized carbons (Fsp3) is 0.0588. The van der Waals surface area contributed by atoms with E-state index in [1.54, 1.807) is 30.3 Å². The number of hydrogen-bond donors (Lipinski definition) is 1. The summed E-state index contributed by atoms with van der Waals surface area (Å²) in [5.41, 5.74) is 6.78. The minimum Gasteiger partial charge on any atom is -0.472 e. The molecule has 1 aromatic carbocycles. The fourth-order valence-electron chi connectivity index (χ4n) is 2.84. The van der Waals surface area contributed by atoms with Gasteiger partial charge in [0.25, 0.3) is 0 Å². The number of benzene rings is 1. The molecule has 2 aromatic heterocycles. The Morgan fingerprint density at radius 2 is 2.04 bits per heavy atom. The van der Waals surface area contributed by atoms with Gasteiger partial charge in [0.05, 0.1) is 29.4 Å². The van der Waals surface area contributed by atoms with E-state index in [2.05, 4.69) is 0 Å². The lowest BCUT2D eigenvalue weighted by molar-refractivity contribution is 0.388. The number of furan rings is 1. The highest BCUT2D eigenvalue weighted by molar-refractivity contribution is 5.85. The minimum atomic E-state index is -0.677. The monoisotopic (exact) mass is 306 g/mol. The van der Waals surface area contributed by atoms with E-state index < -0.39 is 11.5 Å². The summed E-state index contributed by atoms with van der Waals surface area (Å²) in [6.45, 7) is 0. The van der Waals surface area contributed by atoms with Crippen LogP contribution in [0.3, 0.4) is 0 Å². The van der Waals surface area contributed by atoms with E-state index in [0.717, 1.165) is 0 Å². The number of nitrogens with zero attached hydrogens (tertiary/aromatic N) is 1. The van der Waals surface area contributed by atoms with Crippen molar-refractivity contribution in [1.82, 2.24) is 0 Å². The Labute approximate surface area is 130 Å². The van der Waals surface area contributed by atoms with Gasteiger partial charge in [-0.2, -0.15) is 5.26 Å². The molecule has 0 spiro atoms. The quantitative estimate of drug-likeness (QED) is 0.693. The number of ether oxygens (including phenoxy) is 1. The van der Waals surface area contributed by atoms with Crippen LogP contribution >= 0.6 is 0 Å². The van der Waals surface area contributed by atoms with Crippen LogP contribution < -0.4 is 16.1 Å². The zero-order valence-electron chi connectivity index (χ0n) is 11.8. The number of nitrogens with two attached hydrogens (primary N) is 1. The Kier molecular flexibility index (Phi) is 2.75. The third-order valence-electron chi connectivity index (χ3n) is 3.85. The third kappa shape index (κ3) is 1.84. The van der Waals surface area contributed by atoms with E-state index in [0.29, 0.717) is 22.3 Å². The van der Waals surface area contributed by atoms with Crippen LogP contribution in [0.2, 0.25) is 0 Å². The van der Waals surface area contributed by atoms with Gasteiger partial charge in [-0.25, -0.2) is 4.79 Å². The van der Waals surface area contributed by atoms with E-state index in [9.17, 15) is 10.1 Å². The molecule has 1 aliphatic rings. The smallest absolute Gasteiger partial charge is 0.344 e. The van der Waals surface area contributed by atoms with Crippen molar-refractivity contribution in [2.45, 2.75) is 5.92 Å². The summed E-state index contributed by atoms with van der Waals surface area (Å²) in [7, 11) is 0. The Morgan fingerprint density at radius 3 is 2.78 bits per heavy atom. The molecule has 0 aliphatic carbocycles. The highest BCUT2D eigenvalue weighted by Gasteiger charge is 2.35. The molecular formula is C17H10N2O4. The van der Waals surface area contributed by atoms with Gasteiger partial charge in [-0.1, -0.05) is 12.1 Å². The second-order valence-corrected chi connectivity index (χ2v) is 5.11. The molecule has 23 heavy (non-hydrogen) atoms. The standard InChI is InChI=1S/C17H10N2O4/c18-7-11-13(9-5-6-21-8-9)14-15(23-16(11)19)10-3-1-2-4-12(10)22-17(14)20/h1-6,8,13H,19H2. The van der Waals surface area contributed by atoms with Gasteiger partial charge in [-0.05, 0) is 18.2 Å². The normalized spacial score (nSPS) is 16.7. The molecule has 0 bridgehead atoms. The Hall–Kier alpha value is -3.46. The number of para-hydroxylation sites is 1. The van der Waals surface area contributed by atoms with Crippen molar-refractivity contribution < 1.29 is 13.6 Å². The summed E-state index contributed by atoms with van der Waals surface area (Å²) in [6.07, 6.45) is 2.94. The summed E-state index contributed by atoms with van der Waals surface area (Å²) in [6, 6.07) is 10.7. The summed E-state index contributed by atoms with van der Waals surface area (Å²) in [5.74, 6) is -0.384. The first kappa shape index (κ1) is 13.2. The maximum atomic E-state index is 12.5. The molecule has 0 amide bonds. The van der Waals surface area contributed by atoms with E-state index in [1.165, 1.54) is 12.5 Å². The molecule has 0 saturated carbocycles. The predicted octanol–water partition coefficient (Wildman–Crippen LogP) is 2.60. The van der Waals surface area contributed by atoms with Crippen LogP contribution in [-0.4, -0.2) is 0 Å². The summed E-state index contributed by atoms with van der Waals surface area (Å²) in [5, 5.41) is 10.1. The molecule has 3 aromatic rings. The summed E-state index contributed by atoms with van der Waals surface area (Å²) in [4.78, 5) is 12.5. The average molecular weight is 306 g/mol. The maximum Gasteiger partial charge on any atom is 0.344 e. The van der Waals surface area contributed by atoms with Crippen molar-refractivity contribution >= 4 is 11.0 Å². The second kappa shape index (κ2) is 4.78. The number of rotatable bonds is 1. The number of hydrogen-bond acceptors (Lipinski definition) is 6. The zero-order chi connectivity index (χ0) is 16.0. The van der Waals surface area contributed by atoms with Crippen molar-refractivity contribution in [3.63, 3.8) is 0 Å². The van der Waals surface area contributed by atoms with Crippen LogP contribution in [0.5, 0.6) is 5.75 Å². The third-order valence-corrected chi connectivity index (χ3v) is 3.85. The molecule has 6 heteroatoms. The van der Waals surface area contributed by atoms with E-state index in [1.807, 2.05) is 6.07 Å². The van der Waals surface area contributed by atoms with Crippen molar-refractivity contribution in [3.05, 3.63) is 75.9 Å². The molecule has 0 radical (unpaired) electrons. The molecule has 4 rings (SSSR count). The summed E-state index contributed by atoms with van der Waals surface area (Å²) < 4.78 is 16.1. The first-order valence-corrected chi connectivity index (χ1v) is 6.86. The lowest BCUT2D eigenvalue weighted by atomic mass is 9.85. The average Bonchev–Trinajstić information content (AvgIpc) is 3.08. The van der Waals surface area contributed by atoms with E-state index >= 15 is 0 Å². The molecule has 1 atom stereocenters. The molecular weight excluding hydrogens is 296 g/mol. The van der Waals surface area contributed by atoms with Crippen LogP contribution in [0.25, 0.3) is 11.0 Å². The van der Waals surface area contributed by atoms with Crippen LogP contribution in [-0.2, 0) is 0 Å². The zero-order valence-corrected chi connectivity index (χ0v) is 11.8. The first-order chi connectivity index (χ1) is 11.2. The Bertz CT molecular complexity index is 1040.